The molecule has 0 unspecified atom stereocenters. The lowest BCUT2D eigenvalue weighted by Crippen LogP contribution is -2.47. The highest BCUT2D eigenvalue weighted by Crippen LogP contribution is 2.34. The number of nitrogens with zero attached hydrogens (tertiary/aromatic N) is 2. The van der Waals surface area contributed by atoms with Crippen molar-refractivity contribution in [2.75, 3.05) is 37.6 Å². The van der Waals surface area contributed by atoms with Gasteiger partial charge in [-0.05, 0) is 31.5 Å². The minimum Gasteiger partial charge on any atom is -0.458 e. The second kappa shape index (κ2) is 7.60. The zero-order valence-corrected chi connectivity index (χ0v) is 16.9. The average Bonchev–Trinajstić information content (AvgIpc) is 3.39. The molecule has 3 heterocycles. The lowest BCUT2D eigenvalue weighted by molar-refractivity contribution is 0.261. The maximum Gasteiger partial charge on any atom is 0.205 e. The number of hydrogen-bond acceptors (Lipinski definition) is 3. The van der Waals surface area contributed by atoms with Crippen molar-refractivity contribution in [3.05, 3.63) is 65.1 Å². The van der Waals surface area contributed by atoms with E-state index in [2.05, 4.69) is 26.9 Å². The highest BCUT2D eigenvalue weighted by molar-refractivity contribution is 5.92. The monoisotopic (exact) mass is 431 g/mol. The first-order valence-corrected chi connectivity index (χ1v) is 10.2. The molecule has 2 aromatic heterocycles. The van der Waals surface area contributed by atoms with Gasteiger partial charge in [-0.15, -0.1) is 0 Å². The van der Waals surface area contributed by atoms with E-state index < -0.39 is 28.9 Å². The number of halogens is 4. The molecule has 0 radical (unpaired) electrons. The molecule has 31 heavy (non-hydrogen) atoms. The number of aryl methyl sites for hydroxylation is 1. The normalized spacial score (nSPS) is 15.5. The van der Waals surface area contributed by atoms with Crippen LogP contribution in [0.15, 0.2) is 34.9 Å². The van der Waals surface area contributed by atoms with Crippen LogP contribution in [0, 0.1) is 30.2 Å². The Balaban J connectivity index is 1.30. The van der Waals surface area contributed by atoms with Gasteiger partial charge in [-0.25, -0.2) is 13.2 Å². The lowest BCUT2D eigenvalue weighted by atomic mass is 10.1. The summed E-state index contributed by atoms with van der Waals surface area (Å²) in [6.45, 7) is 5.40. The van der Waals surface area contributed by atoms with Crippen molar-refractivity contribution in [1.29, 1.82) is 0 Å². The minimum absolute atomic E-state index is 0.274. The van der Waals surface area contributed by atoms with E-state index in [1.807, 2.05) is 18.3 Å². The topological polar surface area (TPSA) is 35.4 Å². The highest BCUT2D eigenvalue weighted by Gasteiger charge is 2.27. The van der Waals surface area contributed by atoms with Gasteiger partial charge in [-0.2, -0.15) is 4.39 Å². The number of benzene rings is 2. The summed E-state index contributed by atoms with van der Waals surface area (Å²) in [5.41, 5.74) is 2.10. The van der Waals surface area contributed by atoms with Crippen LogP contribution in [0.1, 0.15) is 11.3 Å². The smallest absolute Gasteiger partial charge is 0.205 e. The SMILES string of the molecule is Cc1oc2c(F)c(F)c(F)c(F)c2c1CCN1CCN(c2cccc3[nH]ccc23)CC1. The molecule has 1 fully saturated rings. The van der Waals surface area contributed by atoms with Crippen molar-refractivity contribution >= 4 is 27.6 Å². The number of fused-ring (bicyclic) bond motifs is 2. The zero-order valence-electron chi connectivity index (χ0n) is 16.9. The van der Waals surface area contributed by atoms with Crippen LogP contribution >= 0.6 is 0 Å². The van der Waals surface area contributed by atoms with Crippen molar-refractivity contribution in [3.8, 4) is 0 Å². The fraction of sp³-hybridized carbons (Fsp3) is 0.304. The first-order valence-electron chi connectivity index (χ1n) is 10.2. The molecule has 8 heteroatoms. The molecule has 162 valence electrons. The lowest BCUT2D eigenvalue weighted by Gasteiger charge is -2.36. The Morgan fingerprint density at radius 3 is 2.45 bits per heavy atom. The van der Waals surface area contributed by atoms with Crippen LogP contribution in [-0.2, 0) is 6.42 Å². The summed E-state index contributed by atoms with van der Waals surface area (Å²) in [6.07, 6.45) is 2.28. The molecule has 4 aromatic rings. The minimum atomic E-state index is -1.85. The molecule has 1 aliphatic heterocycles. The van der Waals surface area contributed by atoms with Crippen LogP contribution in [0.2, 0.25) is 0 Å². The van der Waals surface area contributed by atoms with Gasteiger partial charge >= 0.3 is 0 Å². The van der Waals surface area contributed by atoms with E-state index in [-0.39, 0.29) is 11.1 Å². The standard InChI is InChI=1S/C23H21F4N3O/c1-13-14(18-19(24)20(25)21(26)22(27)23(18)31-13)6-8-29-9-11-30(12-10-29)17-4-2-3-16-15(17)5-7-28-16/h2-5,7,28H,6,8-12H2,1H3. The summed E-state index contributed by atoms with van der Waals surface area (Å²) in [6, 6.07) is 8.25. The van der Waals surface area contributed by atoms with E-state index in [1.165, 1.54) is 11.1 Å². The van der Waals surface area contributed by atoms with Gasteiger partial charge in [0.15, 0.2) is 17.2 Å². The van der Waals surface area contributed by atoms with Gasteiger partial charge in [0.2, 0.25) is 11.6 Å². The van der Waals surface area contributed by atoms with Crippen molar-refractivity contribution in [1.82, 2.24) is 9.88 Å². The molecular weight excluding hydrogens is 410 g/mol. The molecule has 0 atom stereocenters. The highest BCUT2D eigenvalue weighted by atomic mass is 19.2. The van der Waals surface area contributed by atoms with Crippen LogP contribution in [-0.4, -0.2) is 42.6 Å². The number of aromatic amines is 1. The largest absolute Gasteiger partial charge is 0.458 e. The van der Waals surface area contributed by atoms with Gasteiger partial charge in [0.05, 0.1) is 5.39 Å². The fourth-order valence-electron chi connectivity index (χ4n) is 4.50. The van der Waals surface area contributed by atoms with Gasteiger partial charge in [-0.1, -0.05) is 6.07 Å². The maximum absolute atomic E-state index is 14.4. The van der Waals surface area contributed by atoms with Crippen LogP contribution in [0.3, 0.4) is 0 Å². The summed E-state index contributed by atoms with van der Waals surface area (Å²) in [5.74, 6) is -6.27. The Morgan fingerprint density at radius 2 is 1.68 bits per heavy atom. The quantitative estimate of drug-likeness (QED) is 0.276. The van der Waals surface area contributed by atoms with Gasteiger partial charge in [0.25, 0.3) is 0 Å². The van der Waals surface area contributed by atoms with Crippen LogP contribution in [0.5, 0.6) is 0 Å². The van der Waals surface area contributed by atoms with E-state index in [0.29, 0.717) is 18.5 Å². The second-order valence-electron chi connectivity index (χ2n) is 7.89. The number of hydrogen-bond donors (Lipinski definition) is 1. The molecule has 4 nitrogen and oxygen atoms in total. The number of nitrogens with one attached hydrogen (secondary N) is 1. The third kappa shape index (κ3) is 3.26. The number of aromatic nitrogens is 1. The first kappa shape index (κ1) is 19.9. The molecule has 0 aliphatic carbocycles. The van der Waals surface area contributed by atoms with Gasteiger partial charge in [-0.3, -0.25) is 4.90 Å². The van der Waals surface area contributed by atoms with Crippen molar-refractivity contribution in [2.45, 2.75) is 13.3 Å². The first-order chi connectivity index (χ1) is 15.0. The van der Waals surface area contributed by atoms with Crippen molar-refractivity contribution < 1.29 is 22.0 Å². The van der Waals surface area contributed by atoms with E-state index in [4.69, 9.17) is 4.42 Å². The molecule has 0 bridgehead atoms. The molecule has 1 aliphatic rings. The fourth-order valence-corrected chi connectivity index (χ4v) is 4.50. The zero-order chi connectivity index (χ0) is 21.7. The summed E-state index contributed by atoms with van der Waals surface area (Å²) in [5, 5.41) is 0.884. The third-order valence-corrected chi connectivity index (χ3v) is 6.17. The van der Waals surface area contributed by atoms with E-state index >= 15 is 0 Å². The molecule has 0 saturated carbocycles. The summed E-state index contributed by atoms with van der Waals surface area (Å²) < 4.78 is 60.9. The number of furan rings is 1. The van der Waals surface area contributed by atoms with Crippen LogP contribution in [0.25, 0.3) is 21.9 Å². The number of anilines is 1. The third-order valence-electron chi connectivity index (χ3n) is 6.17. The number of H-pyrrole nitrogens is 1. The van der Waals surface area contributed by atoms with E-state index in [1.54, 1.807) is 6.92 Å². The van der Waals surface area contributed by atoms with Crippen LogP contribution in [0.4, 0.5) is 23.2 Å². The summed E-state index contributed by atoms with van der Waals surface area (Å²) in [7, 11) is 0. The van der Waals surface area contributed by atoms with E-state index in [9.17, 15) is 17.6 Å². The predicted octanol–water partition coefficient (Wildman–Crippen LogP) is 5.14. The Bertz CT molecular complexity index is 1270. The van der Waals surface area contributed by atoms with E-state index in [0.717, 1.165) is 31.7 Å². The maximum atomic E-state index is 14.4. The van der Waals surface area contributed by atoms with Gasteiger partial charge in [0.1, 0.15) is 5.76 Å². The predicted molar refractivity (Wildman–Crippen MR) is 111 cm³/mol. The van der Waals surface area contributed by atoms with Gasteiger partial charge in [0, 0.05) is 61.1 Å². The molecule has 0 amide bonds. The Morgan fingerprint density at radius 1 is 0.935 bits per heavy atom. The summed E-state index contributed by atoms with van der Waals surface area (Å²) >= 11 is 0. The Hall–Kier alpha value is -3.00. The summed E-state index contributed by atoms with van der Waals surface area (Å²) in [4.78, 5) is 7.78. The number of rotatable bonds is 4. The molecule has 1 N–H and O–H groups in total. The van der Waals surface area contributed by atoms with Gasteiger partial charge < -0.3 is 14.3 Å². The molecular formula is C23H21F4N3O. The average molecular weight is 431 g/mol. The van der Waals surface area contributed by atoms with Crippen molar-refractivity contribution in [2.24, 2.45) is 0 Å². The Labute approximate surface area is 176 Å². The molecule has 0 spiro atoms. The Kier molecular flexibility index (Phi) is 4.89. The van der Waals surface area contributed by atoms with Crippen molar-refractivity contribution in [3.63, 3.8) is 0 Å². The second-order valence-corrected chi connectivity index (χ2v) is 7.89. The van der Waals surface area contributed by atoms with Crippen LogP contribution < -0.4 is 4.90 Å². The molecule has 1 saturated heterocycles. The molecule has 5 rings (SSSR count). The number of piperazine rings is 1. The molecule has 2 aromatic carbocycles.